The Labute approximate surface area is 157 Å². The van der Waals surface area contributed by atoms with Crippen molar-refractivity contribution in [3.8, 4) is 0 Å². The number of nitrogens with one attached hydrogen (secondary N) is 1. The van der Waals surface area contributed by atoms with Crippen LogP contribution in [0.15, 0.2) is 18.6 Å². The molecule has 0 aliphatic carbocycles. The normalized spacial score (nSPS) is 24.0. The van der Waals surface area contributed by atoms with E-state index in [2.05, 4.69) is 54.9 Å². The van der Waals surface area contributed by atoms with Crippen molar-refractivity contribution in [2.45, 2.75) is 76.5 Å². The van der Waals surface area contributed by atoms with Gasteiger partial charge in [-0.15, -0.1) is 0 Å². The molecule has 1 aromatic heterocycles. The van der Waals surface area contributed by atoms with Crippen LogP contribution >= 0.6 is 0 Å². The van der Waals surface area contributed by atoms with Crippen molar-refractivity contribution in [3.05, 3.63) is 24.3 Å². The van der Waals surface area contributed by atoms with Gasteiger partial charge in [0, 0.05) is 48.6 Å². The summed E-state index contributed by atoms with van der Waals surface area (Å²) in [6.07, 6.45) is 9.09. The average Bonchev–Trinajstić information content (AvgIpc) is 2.59. The molecule has 0 aromatic carbocycles. The summed E-state index contributed by atoms with van der Waals surface area (Å²) in [4.78, 5) is 25.2. The van der Waals surface area contributed by atoms with E-state index in [1.807, 2.05) is 4.90 Å². The lowest BCUT2D eigenvalue weighted by molar-refractivity contribution is 0.0316. The Balaban J connectivity index is 1.58. The lowest BCUT2D eigenvalue weighted by atomic mass is 9.78. The molecular weight excluding hydrogens is 326 g/mol. The predicted octanol–water partition coefficient (Wildman–Crippen LogP) is 2.32. The third-order valence-electron chi connectivity index (χ3n) is 5.85. The van der Waals surface area contributed by atoms with Gasteiger partial charge in [-0.2, -0.15) is 0 Å². The second kappa shape index (κ2) is 7.24. The number of hydrogen-bond donors (Lipinski definition) is 1. The average molecular weight is 360 g/mol. The topological polar surface area (TPSA) is 61.4 Å². The highest BCUT2D eigenvalue weighted by Gasteiger charge is 2.41. The fourth-order valence-corrected chi connectivity index (χ4v) is 4.90. The number of nitrogens with zero attached hydrogens (tertiary/aromatic N) is 4. The third kappa shape index (κ3) is 4.41. The van der Waals surface area contributed by atoms with Crippen LogP contribution in [0.4, 0.5) is 0 Å². The fraction of sp³-hybridized carbons (Fsp3) is 0.750. The number of carbonyl (C=O) groups excluding carboxylic acids is 1. The molecule has 1 amide bonds. The lowest BCUT2D eigenvalue weighted by Gasteiger charge is -2.51. The van der Waals surface area contributed by atoms with E-state index < -0.39 is 0 Å². The van der Waals surface area contributed by atoms with Gasteiger partial charge in [0.1, 0.15) is 5.69 Å². The summed E-state index contributed by atoms with van der Waals surface area (Å²) >= 11 is 0. The summed E-state index contributed by atoms with van der Waals surface area (Å²) in [7, 11) is 2.27. The van der Waals surface area contributed by atoms with E-state index in [4.69, 9.17) is 0 Å². The monoisotopic (exact) mass is 359 g/mol. The molecule has 3 heterocycles. The van der Waals surface area contributed by atoms with Crippen molar-refractivity contribution in [3.63, 3.8) is 0 Å². The van der Waals surface area contributed by atoms with Crippen LogP contribution in [0.1, 0.15) is 63.9 Å². The maximum atomic E-state index is 12.5. The lowest BCUT2D eigenvalue weighted by Crippen LogP contribution is -2.63. The Kier molecular flexibility index (Phi) is 5.35. The molecule has 0 atom stereocenters. The highest BCUT2D eigenvalue weighted by molar-refractivity contribution is 5.92. The molecule has 3 rings (SSSR count). The SMILES string of the molecule is CN(C1CCN(C(=O)c2cnccn2)CC1)C1CC(C)(C)NC(C)(C)C1. The zero-order valence-electron chi connectivity index (χ0n) is 16.8. The molecule has 6 heteroatoms. The van der Waals surface area contributed by atoms with Gasteiger partial charge in [0.05, 0.1) is 6.20 Å². The largest absolute Gasteiger partial charge is 0.337 e. The van der Waals surface area contributed by atoms with Crippen LogP contribution in [0.2, 0.25) is 0 Å². The minimum Gasteiger partial charge on any atom is -0.337 e. The highest BCUT2D eigenvalue weighted by atomic mass is 16.2. The van der Waals surface area contributed by atoms with E-state index in [0.717, 1.165) is 38.8 Å². The van der Waals surface area contributed by atoms with Crippen molar-refractivity contribution in [1.29, 1.82) is 0 Å². The number of amides is 1. The fourth-order valence-electron chi connectivity index (χ4n) is 4.90. The van der Waals surface area contributed by atoms with E-state index in [0.29, 0.717) is 17.8 Å². The molecule has 0 spiro atoms. The first kappa shape index (κ1) is 19.2. The Bertz CT molecular complexity index is 606. The minimum absolute atomic E-state index is 0.00309. The number of hydrogen-bond acceptors (Lipinski definition) is 5. The molecular formula is C20H33N5O. The number of likely N-dealkylation sites (tertiary alicyclic amines) is 1. The first-order chi connectivity index (χ1) is 12.2. The second-order valence-corrected chi connectivity index (χ2v) is 9.23. The van der Waals surface area contributed by atoms with Crippen molar-refractivity contribution < 1.29 is 4.79 Å². The minimum atomic E-state index is 0.00309. The summed E-state index contributed by atoms with van der Waals surface area (Å²) in [5, 5.41) is 3.77. The molecule has 144 valence electrons. The van der Waals surface area contributed by atoms with Crippen LogP contribution < -0.4 is 5.32 Å². The van der Waals surface area contributed by atoms with Crippen LogP contribution in [-0.2, 0) is 0 Å². The Hall–Kier alpha value is -1.53. The molecule has 1 N–H and O–H groups in total. The van der Waals surface area contributed by atoms with Crippen LogP contribution in [0, 0.1) is 0 Å². The molecule has 6 nitrogen and oxygen atoms in total. The molecule has 2 saturated heterocycles. The van der Waals surface area contributed by atoms with Gasteiger partial charge in [-0.3, -0.25) is 9.78 Å². The zero-order chi connectivity index (χ0) is 18.9. The first-order valence-electron chi connectivity index (χ1n) is 9.73. The van der Waals surface area contributed by atoms with Crippen LogP contribution in [0.3, 0.4) is 0 Å². The molecule has 26 heavy (non-hydrogen) atoms. The van der Waals surface area contributed by atoms with E-state index in [1.54, 1.807) is 18.6 Å². The van der Waals surface area contributed by atoms with Gasteiger partial charge in [0.15, 0.2) is 0 Å². The summed E-state index contributed by atoms with van der Waals surface area (Å²) in [6.45, 7) is 10.8. The summed E-state index contributed by atoms with van der Waals surface area (Å²) in [5.41, 5.74) is 0.758. The van der Waals surface area contributed by atoms with Crippen LogP contribution in [0.5, 0.6) is 0 Å². The number of carbonyl (C=O) groups is 1. The quantitative estimate of drug-likeness (QED) is 0.897. The van der Waals surface area contributed by atoms with Gasteiger partial charge in [-0.1, -0.05) is 0 Å². The molecule has 2 aliphatic heterocycles. The highest BCUT2D eigenvalue weighted by Crippen LogP contribution is 2.33. The molecule has 0 bridgehead atoms. The smallest absolute Gasteiger partial charge is 0.274 e. The van der Waals surface area contributed by atoms with Crippen molar-refractivity contribution in [2.75, 3.05) is 20.1 Å². The molecule has 0 saturated carbocycles. The third-order valence-corrected chi connectivity index (χ3v) is 5.85. The van der Waals surface area contributed by atoms with Crippen molar-refractivity contribution >= 4 is 5.91 Å². The van der Waals surface area contributed by atoms with Gasteiger partial charge in [-0.05, 0) is 60.4 Å². The maximum Gasteiger partial charge on any atom is 0.274 e. The molecule has 0 unspecified atom stereocenters. The second-order valence-electron chi connectivity index (χ2n) is 9.23. The van der Waals surface area contributed by atoms with Gasteiger partial charge in [0.25, 0.3) is 5.91 Å². The van der Waals surface area contributed by atoms with Crippen molar-refractivity contribution in [2.24, 2.45) is 0 Å². The summed E-state index contributed by atoms with van der Waals surface area (Å²) in [5.74, 6) is 0.00309. The van der Waals surface area contributed by atoms with Gasteiger partial charge >= 0.3 is 0 Å². The number of piperidine rings is 2. The van der Waals surface area contributed by atoms with E-state index in [9.17, 15) is 4.79 Å². The summed E-state index contributed by atoms with van der Waals surface area (Å²) < 4.78 is 0. The van der Waals surface area contributed by atoms with Gasteiger partial charge in [0.2, 0.25) is 0 Å². The van der Waals surface area contributed by atoms with Gasteiger partial charge < -0.3 is 15.1 Å². The van der Waals surface area contributed by atoms with Gasteiger partial charge in [-0.25, -0.2) is 4.98 Å². The maximum absolute atomic E-state index is 12.5. The summed E-state index contributed by atoms with van der Waals surface area (Å²) in [6, 6.07) is 1.11. The molecule has 1 aromatic rings. The van der Waals surface area contributed by atoms with E-state index in [-0.39, 0.29) is 17.0 Å². The first-order valence-corrected chi connectivity index (χ1v) is 9.73. The van der Waals surface area contributed by atoms with Crippen LogP contribution in [0.25, 0.3) is 0 Å². The Morgan fingerprint density at radius 1 is 1.12 bits per heavy atom. The zero-order valence-corrected chi connectivity index (χ0v) is 16.8. The van der Waals surface area contributed by atoms with Crippen LogP contribution in [-0.4, -0.2) is 69.0 Å². The van der Waals surface area contributed by atoms with Crippen molar-refractivity contribution in [1.82, 2.24) is 25.1 Å². The molecule has 2 fully saturated rings. The predicted molar refractivity (Wildman–Crippen MR) is 103 cm³/mol. The van der Waals surface area contributed by atoms with E-state index >= 15 is 0 Å². The number of rotatable bonds is 3. The van der Waals surface area contributed by atoms with E-state index in [1.165, 1.54) is 0 Å². The molecule has 0 radical (unpaired) electrons. The molecule has 2 aliphatic rings. The standard InChI is InChI=1S/C20H33N5O/c1-19(2)12-16(13-20(3,4)23-19)24(5)15-6-10-25(11-7-15)18(26)17-14-21-8-9-22-17/h8-9,14-16,23H,6-7,10-13H2,1-5H3. The number of aromatic nitrogens is 2. The Morgan fingerprint density at radius 3 is 2.27 bits per heavy atom. The Morgan fingerprint density at radius 2 is 1.73 bits per heavy atom.